The number of ether oxygens (including phenoxy) is 2. The Balaban J connectivity index is 1.45. The van der Waals surface area contributed by atoms with Crippen LogP contribution in [0.5, 0.6) is 0 Å². The third-order valence-electron chi connectivity index (χ3n) is 10.8. The molecule has 3 fully saturated rings. The lowest BCUT2D eigenvalue weighted by Gasteiger charge is -2.66. The lowest BCUT2D eigenvalue weighted by atomic mass is 9.41. The van der Waals surface area contributed by atoms with Gasteiger partial charge in [0.15, 0.2) is 27.5 Å². The Bertz CT molecular complexity index is 1780. The van der Waals surface area contributed by atoms with E-state index in [1.165, 1.54) is 17.4 Å². The van der Waals surface area contributed by atoms with Crippen LogP contribution in [0.25, 0.3) is 5.76 Å². The van der Waals surface area contributed by atoms with Gasteiger partial charge < -0.3 is 9.47 Å². The molecular formula is C35H33NO5S. The number of ketones is 1. The van der Waals surface area contributed by atoms with E-state index < -0.39 is 21.4 Å². The van der Waals surface area contributed by atoms with Gasteiger partial charge >= 0.3 is 0 Å². The number of hydrogen-bond donors (Lipinski definition) is 0. The van der Waals surface area contributed by atoms with Gasteiger partial charge in [-0.15, -0.1) is 0 Å². The molecule has 42 heavy (non-hydrogen) atoms. The van der Waals surface area contributed by atoms with Gasteiger partial charge in [-0.25, -0.2) is 8.42 Å². The molecular weight excluding hydrogens is 546 g/mol. The van der Waals surface area contributed by atoms with Crippen LogP contribution < -0.4 is 0 Å². The van der Waals surface area contributed by atoms with Crippen molar-refractivity contribution in [3.05, 3.63) is 119 Å². The molecule has 2 heterocycles. The molecule has 3 aliphatic carbocycles. The minimum atomic E-state index is -3.37. The Labute approximate surface area is 246 Å². The first-order valence-corrected chi connectivity index (χ1v) is 16.5. The summed E-state index contributed by atoms with van der Waals surface area (Å²) in [5.74, 6) is 1.49. The number of piperidine rings is 1. The first-order valence-electron chi connectivity index (χ1n) is 14.6. The van der Waals surface area contributed by atoms with E-state index in [0.29, 0.717) is 0 Å². The van der Waals surface area contributed by atoms with Gasteiger partial charge in [0.25, 0.3) is 0 Å². The van der Waals surface area contributed by atoms with Crippen LogP contribution in [0.2, 0.25) is 0 Å². The van der Waals surface area contributed by atoms with Gasteiger partial charge in [0.1, 0.15) is 5.76 Å². The average molecular weight is 580 g/mol. The van der Waals surface area contributed by atoms with E-state index in [0.717, 1.165) is 29.1 Å². The molecule has 1 spiro atoms. The maximum Gasteiger partial charge on any atom is 0.196 e. The Hall–Kier alpha value is -3.68. The van der Waals surface area contributed by atoms with Crippen molar-refractivity contribution in [3.8, 4) is 0 Å². The highest BCUT2D eigenvalue weighted by Crippen LogP contribution is 2.75. The first-order chi connectivity index (χ1) is 20.3. The van der Waals surface area contributed by atoms with Gasteiger partial charge in [0.05, 0.1) is 12.0 Å². The SMILES string of the molecule is COC1=C2O[C@H]3C(=O)C=C[C@H]4[C@H]5CC(c6ccccc61)C2[C@@]34C(c1ccc(S(C)(=O)=O)cc1)C(c1ccccc1)N5C. The molecule has 2 aliphatic heterocycles. The van der Waals surface area contributed by atoms with Crippen LogP contribution in [0.3, 0.4) is 0 Å². The highest BCUT2D eigenvalue weighted by Gasteiger charge is 2.75. The van der Waals surface area contributed by atoms with E-state index in [1.807, 2.05) is 24.3 Å². The molecule has 2 saturated heterocycles. The number of methoxy groups -OCH3 is 1. The maximum atomic E-state index is 14.0. The van der Waals surface area contributed by atoms with Gasteiger partial charge in [-0.05, 0) is 54.3 Å². The van der Waals surface area contributed by atoms with E-state index in [4.69, 9.17) is 9.47 Å². The molecule has 8 atom stereocenters. The second-order valence-electron chi connectivity index (χ2n) is 12.5. The highest BCUT2D eigenvalue weighted by molar-refractivity contribution is 7.90. The van der Waals surface area contributed by atoms with Gasteiger partial charge in [-0.2, -0.15) is 0 Å². The number of sulfone groups is 1. The number of rotatable bonds is 4. The fourth-order valence-corrected chi connectivity index (χ4v) is 10.0. The fraction of sp³-hybridized carbons (Fsp3) is 0.343. The molecule has 8 rings (SSSR count). The summed E-state index contributed by atoms with van der Waals surface area (Å²) in [5.41, 5.74) is 3.89. The molecule has 4 unspecified atom stereocenters. The third-order valence-corrected chi connectivity index (χ3v) is 11.9. The molecule has 0 amide bonds. The van der Waals surface area contributed by atoms with Crippen molar-refractivity contribution in [2.75, 3.05) is 20.4 Å². The lowest BCUT2D eigenvalue weighted by Crippen LogP contribution is -2.68. The number of hydrogen-bond acceptors (Lipinski definition) is 6. The van der Waals surface area contributed by atoms with Crippen molar-refractivity contribution in [1.82, 2.24) is 4.90 Å². The van der Waals surface area contributed by atoms with Crippen LogP contribution in [0, 0.1) is 17.3 Å². The summed E-state index contributed by atoms with van der Waals surface area (Å²) in [7, 11) is 0.538. The second kappa shape index (κ2) is 8.91. The molecule has 5 aliphatic rings. The van der Waals surface area contributed by atoms with Crippen molar-refractivity contribution in [2.45, 2.75) is 41.3 Å². The molecule has 1 saturated carbocycles. The first kappa shape index (κ1) is 26.0. The number of carbonyl (C=O) groups excluding carboxylic acids is 1. The zero-order valence-electron chi connectivity index (χ0n) is 23.8. The Morgan fingerprint density at radius 1 is 0.929 bits per heavy atom. The zero-order chi connectivity index (χ0) is 29.0. The van der Waals surface area contributed by atoms with Crippen LogP contribution in [-0.2, 0) is 24.1 Å². The summed E-state index contributed by atoms with van der Waals surface area (Å²) >= 11 is 0. The average Bonchev–Trinajstić information content (AvgIpc) is 3.35. The minimum absolute atomic E-state index is 0.0128. The lowest BCUT2D eigenvalue weighted by molar-refractivity contribution is -0.154. The largest absolute Gasteiger partial charge is 0.493 e. The van der Waals surface area contributed by atoms with Crippen LogP contribution in [0.1, 0.15) is 46.6 Å². The smallest absolute Gasteiger partial charge is 0.196 e. The molecule has 2 bridgehead atoms. The zero-order valence-corrected chi connectivity index (χ0v) is 24.6. The Kier molecular flexibility index (Phi) is 5.51. The van der Waals surface area contributed by atoms with E-state index >= 15 is 0 Å². The number of fused-ring (bicyclic) bond motifs is 2. The standard InChI is InChI=1S/C35H33NO5S/c1-36-27-19-25-23-11-7-8-12-24(23)32(40-2)33-30(25)35(26(27)17-18-28(37)34(35)41-33)29(31(36)21-9-5-4-6-10-21)20-13-15-22(16-14-20)42(3,38)39/h4-18,25-27,29-31,34H,19H2,1-3H3/t25?,26-,27+,29?,30?,31?,34-,35+/m0/s1. The Morgan fingerprint density at radius 2 is 1.64 bits per heavy atom. The van der Waals surface area contributed by atoms with Crippen LogP contribution in [0.15, 0.2) is 102 Å². The highest BCUT2D eigenvalue weighted by atomic mass is 32.2. The molecule has 7 heteroatoms. The van der Waals surface area contributed by atoms with Gasteiger partial charge in [0, 0.05) is 47.1 Å². The molecule has 0 aromatic heterocycles. The molecule has 214 valence electrons. The molecule has 0 radical (unpaired) electrons. The number of nitrogens with zero attached hydrogens (tertiary/aromatic N) is 1. The molecule has 3 aromatic rings. The van der Waals surface area contributed by atoms with Crippen LogP contribution in [0.4, 0.5) is 0 Å². The fourth-order valence-electron chi connectivity index (χ4n) is 9.41. The van der Waals surface area contributed by atoms with Gasteiger partial charge in [-0.3, -0.25) is 9.69 Å². The van der Waals surface area contributed by atoms with Crippen LogP contribution in [-0.4, -0.2) is 51.7 Å². The topological polar surface area (TPSA) is 72.9 Å². The predicted molar refractivity (Wildman–Crippen MR) is 159 cm³/mol. The Morgan fingerprint density at radius 3 is 2.36 bits per heavy atom. The van der Waals surface area contributed by atoms with Crippen molar-refractivity contribution in [3.63, 3.8) is 0 Å². The van der Waals surface area contributed by atoms with Crippen molar-refractivity contribution < 1.29 is 22.7 Å². The van der Waals surface area contributed by atoms with Gasteiger partial charge in [-0.1, -0.05) is 72.8 Å². The summed E-state index contributed by atoms with van der Waals surface area (Å²) in [4.78, 5) is 16.8. The number of benzene rings is 3. The normalized spacial score (nSPS) is 34.5. The molecule has 6 nitrogen and oxygen atoms in total. The van der Waals surface area contributed by atoms with Crippen molar-refractivity contribution in [2.24, 2.45) is 17.3 Å². The summed E-state index contributed by atoms with van der Waals surface area (Å²) in [6, 6.07) is 26.4. The van der Waals surface area contributed by atoms with E-state index in [-0.39, 0.29) is 46.4 Å². The van der Waals surface area contributed by atoms with E-state index in [9.17, 15) is 13.2 Å². The van der Waals surface area contributed by atoms with Crippen LogP contribution >= 0.6 is 0 Å². The van der Waals surface area contributed by atoms with Crippen molar-refractivity contribution >= 4 is 21.4 Å². The quantitative estimate of drug-likeness (QED) is 0.407. The summed E-state index contributed by atoms with van der Waals surface area (Å²) in [6.45, 7) is 0. The molecule has 3 aromatic carbocycles. The van der Waals surface area contributed by atoms with E-state index in [1.54, 1.807) is 25.3 Å². The molecule has 0 N–H and O–H groups in total. The number of likely N-dealkylation sites (tertiary alicyclic amines) is 1. The van der Waals surface area contributed by atoms with Gasteiger partial charge in [0.2, 0.25) is 0 Å². The number of likely N-dealkylation sites (N-methyl/N-ethyl adjacent to an activating group) is 1. The summed E-state index contributed by atoms with van der Waals surface area (Å²) < 4.78 is 37.8. The minimum Gasteiger partial charge on any atom is -0.493 e. The summed E-state index contributed by atoms with van der Waals surface area (Å²) in [5, 5.41) is 0. The number of carbonyl (C=O) groups is 1. The monoisotopic (exact) mass is 579 g/mol. The third kappa shape index (κ3) is 3.24. The second-order valence-corrected chi connectivity index (χ2v) is 14.5. The van der Waals surface area contributed by atoms with E-state index in [2.05, 4.69) is 60.5 Å². The van der Waals surface area contributed by atoms with Crippen molar-refractivity contribution in [1.29, 1.82) is 0 Å². The predicted octanol–water partition coefficient (Wildman–Crippen LogP) is 5.50. The maximum absolute atomic E-state index is 14.0. The number of allylic oxidation sites excluding steroid dienone is 1. The summed E-state index contributed by atoms with van der Waals surface area (Å²) in [6.07, 6.45) is 5.38.